The molecule has 19 heavy (non-hydrogen) atoms. The minimum absolute atomic E-state index is 0.154. The van der Waals surface area contributed by atoms with Crippen LogP contribution in [0.25, 0.3) is 0 Å². The molecule has 4 heteroatoms. The lowest BCUT2D eigenvalue weighted by molar-refractivity contribution is 0.385. The molecule has 0 aliphatic heterocycles. The van der Waals surface area contributed by atoms with Gasteiger partial charge in [0.25, 0.3) is 0 Å². The molecule has 2 aliphatic rings. The third kappa shape index (κ3) is 2.35. The summed E-state index contributed by atoms with van der Waals surface area (Å²) in [5.74, 6) is 9.00. The van der Waals surface area contributed by atoms with Gasteiger partial charge in [-0.3, -0.25) is 11.3 Å². The molecule has 3 unspecified atom stereocenters. The van der Waals surface area contributed by atoms with Gasteiger partial charge >= 0.3 is 0 Å². The number of rotatable bonds is 4. The van der Waals surface area contributed by atoms with Crippen LogP contribution in [0, 0.1) is 17.8 Å². The van der Waals surface area contributed by atoms with Crippen LogP contribution in [0.5, 0.6) is 5.75 Å². The number of ether oxygens (including phenoxy) is 1. The lowest BCUT2D eigenvalue weighted by atomic mass is 9.99. The number of nitrogens with one attached hydrogen (secondary N) is 1. The van der Waals surface area contributed by atoms with Gasteiger partial charge in [0.2, 0.25) is 0 Å². The molecule has 2 fully saturated rings. The number of hydrogen-bond acceptors (Lipinski definition) is 3. The van der Waals surface area contributed by atoms with Crippen LogP contribution >= 0.6 is 11.6 Å². The molecular weight excluding hydrogens is 260 g/mol. The summed E-state index contributed by atoms with van der Waals surface area (Å²) in [5.41, 5.74) is 4.09. The van der Waals surface area contributed by atoms with Gasteiger partial charge in [-0.05, 0) is 48.8 Å². The highest BCUT2D eigenvalue weighted by Gasteiger charge is 2.54. The zero-order chi connectivity index (χ0) is 13.4. The van der Waals surface area contributed by atoms with Gasteiger partial charge in [-0.2, -0.15) is 0 Å². The maximum Gasteiger partial charge on any atom is 0.123 e. The molecule has 2 aliphatic carbocycles. The molecule has 0 heterocycles. The molecule has 1 aromatic rings. The molecule has 104 valence electrons. The van der Waals surface area contributed by atoms with E-state index in [9.17, 15) is 0 Å². The molecule has 3 N–H and O–H groups in total. The number of methoxy groups -OCH3 is 1. The van der Waals surface area contributed by atoms with Crippen molar-refractivity contribution in [1.82, 2.24) is 5.43 Å². The molecule has 1 aromatic carbocycles. The van der Waals surface area contributed by atoms with Crippen molar-refractivity contribution in [2.24, 2.45) is 23.6 Å². The van der Waals surface area contributed by atoms with Gasteiger partial charge in [-0.1, -0.05) is 24.4 Å². The summed E-state index contributed by atoms with van der Waals surface area (Å²) in [7, 11) is 1.69. The van der Waals surface area contributed by atoms with Crippen LogP contribution < -0.4 is 16.0 Å². The van der Waals surface area contributed by atoms with Crippen molar-refractivity contribution < 1.29 is 4.74 Å². The standard InChI is InChI=1S/C15H21ClN2O/c1-19-13-7-6-9(16)8-12(13)15(18-17)14-10-4-2-3-5-11(10)14/h6-8,10-11,14-15,18H,2-5,17H2,1H3. The lowest BCUT2D eigenvalue weighted by Crippen LogP contribution is -2.30. The van der Waals surface area contributed by atoms with Crippen molar-refractivity contribution in [3.05, 3.63) is 28.8 Å². The van der Waals surface area contributed by atoms with E-state index in [1.807, 2.05) is 18.2 Å². The number of fused-ring (bicyclic) bond motifs is 1. The fourth-order valence-corrected chi connectivity index (χ4v) is 4.08. The first kappa shape index (κ1) is 13.2. The van der Waals surface area contributed by atoms with Gasteiger partial charge in [0, 0.05) is 10.6 Å². The summed E-state index contributed by atoms with van der Waals surface area (Å²) in [5, 5.41) is 0.736. The first-order valence-corrected chi connectivity index (χ1v) is 7.43. The van der Waals surface area contributed by atoms with Gasteiger partial charge < -0.3 is 4.74 Å². The average Bonchev–Trinajstić information content (AvgIpc) is 3.15. The van der Waals surface area contributed by atoms with Crippen LogP contribution in [0.4, 0.5) is 0 Å². The van der Waals surface area contributed by atoms with Gasteiger partial charge in [-0.15, -0.1) is 0 Å². The second kappa shape index (κ2) is 5.31. The van der Waals surface area contributed by atoms with Gasteiger partial charge in [0.05, 0.1) is 13.2 Å². The summed E-state index contributed by atoms with van der Waals surface area (Å²) in [6, 6.07) is 5.92. The first-order chi connectivity index (χ1) is 9.26. The van der Waals surface area contributed by atoms with Crippen LogP contribution in [0.15, 0.2) is 18.2 Å². The smallest absolute Gasteiger partial charge is 0.123 e. The van der Waals surface area contributed by atoms with Crippen molar-refractivity contribution in [3.63, 3.8) is 0 Å². The Hall–Kier alpha value is -0.770. The number of benzene rings is 1. The van der Waals surface area contributed by atoms with Gasteiger partial charge in [0.1, 0.15) is 5.75 Å². The minimum atomic E-state index is 0.154. The van der Waals surface area contributed by atoms with E-state index in [0.717, 1.165) is 28.2 Å². The summed E-state index contributed by atoms with van der Waals surface area (Å²) in [4.78, 5) is 0. The normalized spacial score (nSPS) is 30.6. The Labute approximate surface area is 119 Å². The van der Waals surface area contributed by atoms with Crippen molar-refractivity contribution in [3.8, 4) is 5.75 Å². The number of nitrogens with two attached hydrogens (primary N) is 1. The summed E-state index contributed by atoms with van der Waals surface area (Å²) in [6.07, 6.45) is 5.41. The Balaban J connectivity index is 1.88. The minimum Gasteiger partial charge on any atom is -0.496 e. The fourth-order valence-electron chi connectivity index (χ4n) is 3.90. The maximum absolute atomic E-state index is 6.13. The number of halogens is 1. The molecule has 0 spiro atoms. The SMILES string of the molecule is COc1ccc(Cl)cc1C(NN)C1C2CCCCC21. The molecule has 2 saturated carbocycles. The molecule has 0 saturated heterocycles. The molecule has 3 rings (SSSR count). The van der Waals surface area contributed by atoms with Crippen LogP contribution in [0.2, 0.25) is 5.02 Å². The van der Waals surface area contributed by atoms with Crippen molar-refractivity contribution in [1.29, 1.82) is 0 Å². The average molecular weight is 281 g/mol. The molecule has 0 aromatic heterocycles. The Morgan fingerprint density at radius 2 is 2.00 bits per heavy atom. The second-order valence-corrected chi connectivity index (χ2v) is 6.16. The monoisotopic (exact) mass is 280 g/mol. The first-order valence-electron chi connectivity index (χ1n) is 7.06. The Bertz CT molecular complexity index is 453. The predicted octanol–water partition coefficient (Wildman–Crippen LogP) is 3.29. The molecule has 3 atom stereocenters. The number of hydrazine groups is 1. The summed E-state index contributed by atoms with van der Waals surface area (Å²) < 4.78 is 5.46. The molecule has 0 bridgehead atoms. The quantitative estimate of drug-likeness (QED) is 0.657. The zero-order valence-electron chi connectivity index (χ0n) is 11.2. The summed E-state index contributed by atoms with van der Waals surface area (Å²) in [6.45, 7) is 0. The van der Waals surface area contributed by atoms with E-state index in [2.05, 4.69) is 5.43 Å². The zero-order valence-corrected chi connectivity index (χ0v) is 12.0. The van der Waals surface area contributed by atoms with Gasteiger partial charge in [-0.25, -0.2) is 0 Å². The topological polar surface area (TPSA) is 47.3 Å². The second-order valence-electron chi connectivity index (χ2n) is 5.72. The summed E-state index contributed by atoms with van der Waals surface area (Å²) >= 11 is 6.13. The van der Waals surface area contributed by atoms with E-state index < -0.39 is 0 Å². The Kier molecular flexibility index (Phi) is 3.70. The van der Waals surface area contributed by atoms with E-state index in [0.29, 0.717) is 5.92 Å². The highest BCUT2D eigenvalue weighted by atomic mass is 35.5. The van der Waals surface area contributed by atoms with Crippen molar-refractivity contribution >= 4 is 11.6 Å². The third-order valence-corrected chi connectivity index (χ3v) is 5.05. The highest BCUT2D eigenvalue weighted by Crippen LogP contribution is 2.60. The maximum atomic E-state index is 6.13. The Morgan fingerprint density at radius 3 is 2.58 bits per heavy atom. The van der Waals surface area contributed by atoms with Crippen molar-refractivity contribution in [2.75, 3.05) is 7.11 Å². The lowest BCUT2D eigenvalue weighted by Gasteiger charge is -2.20. The highest BCUT2D eigenvalue weighted by molar-refractivity contribution is 6.30. The molecule has 3 nitrogen and oxygen atoms in total. The van der Waals surface area contributed by atoms with Gasteiger partial charge in [0.15, 0.2) is 0 Å². The van der Waals surface area contributed by atoms with Crippen LogP contribution in [0.1, 0.15) is 37.3 Å². The van der Waals surface area contributed by atoms with E-state index in [1.165, 1.54) is 25.7 Å². The van der Waals surface area contributed by atoms with E-state index in [-0.39, 0.29) is 6.04 Å². The number of hydrogen-bond donors (Lipinski definition) is 2. The molecular formula is C15H21ClN2O. The Morgan fingerprint density at radius 1 is 1.32 bits per heavy atom. The predicted molar refractivity (Wildman–Crippen MR) is 77.0 cm³/mol. The largest absolute Gasteiger partial charge is 0.496 e. The van der Waals surface area contributed by atoms with E-state index >= 15 is 0 Å². The van der Waals surface area contributed by atoms with Crippen LogP contribution in [-0.2, 0) is 0 Å². The van der Waals surface area contributed by atoms with E-state index in [1.54, 1.807) is 7.11 Å². The molecule has 0 amide bonds. The van der Waals surface area contributed by atoms with Crippen LogP contribution in [-0.4, -0.2) is 7.11 Å². The molecule has 0 radical (unpaired) electrons. The van der Waals surface area contributed by atoms with Crippen molar-refractivity contribution in [2.45, 2.75) is 31.7 Å². The van der Waals surface area contributed by atoms with E-state index in [4.69, 9.17) is 22.2 Å². The third-order valence-electron chi connectivity index (χ3n) is 4.81. The van der Waals surface area contributed by atoms with Crippen LogP contribution in [0.3, 0.4) is 0 Å². The fraction of sp³-hybridized carbons (Fsp3) is 0.600.